The van der Waals surface area contributed by atoms with E-state index in [0.29, 0.717) is 11.7 Å². The van der Waals surface area contributed by atoms with Crippen molar-refractivity contribution in [2.24, 2.45) is 5.92 Å². The lowest BCUT2D eigenvalue weighted by atomic mass is 9.96. The Kier molecular flexibility index (Phi) is 3.96. The van der Waals surface area contributed by atoms with Gasteiger partial charge in [-0.2, -0.15) is 4.98 Å². The summed E-state index contributed by atoms with van der Waals surface area (Å²) >= 11 is 0. The second-order valence-electron chi connectivity index (χ2n) is 4.79. The first-order valence-electron chi connectivity index (χ1n) is 6.23. The number of hydrogen-bond acceptors (Lipinski definition) is 5. The lowest BCUT2D eigenvalue weighted by molar-refractivity contribution is -0.141. The smallest absolute Gasteiger partial charge is 0.307 e. The molecule has 2 heterocycles. The normalized spacial score (nSPS) is 20.6. The van der Waals surface area contributed by atoms with Crippen LogP contribution in [0.3, 0.4) is 0 Å². The van der Waals surface area contributed by atoms with Gasteiger partial charge in [0.25, 0.3) is 0 Å². The van der Waals surface area contributed by atoms with Crippen molar-refractivity contribution in [1.82, 2.24) is 10.1 Å². The Hall–Kier alpha value is -1.43. The van der Waals surface area contributed by atoms with Crippen molar-refractivity contribution in [3.63, 3.8) is 0 Å². The number of hydrogen-bond donors (Lipinski definition) is 1. The second-order valence-corrected chi connectivity index (χ2v) is 4.79. The molecule has 1 aliphatic rings. The first kappa shape index (κ1) is 13.0. The van der Waals surface area contributed by atoms with Gasteiger partial charge in [-0.05, 0) is 12.8 Å². The van der Waals surface area contributed by atoms with E-state index in [0.717, 1.165) is 26.1 Å². The number of ether oxygens (including phenoxy) is 1. The summed E-state index contributed by atoms with van der Waals surface area (Å²) < 4.78 is 10.5. The molecular formula is C12H18N2O4. The minimum absolute atomic E-state index is 0.267. The number of carboxylic acid groups (broad SMARTS) is 1. The molecule has 1 N–H and O–H groups in total. The van der Waals surface area contributed by atoms with Crippen LogP contribution in [0.15, 0.2) is 4.52 Å². The van der Waals surface area contributed by atoms with Crippen molar-refractivity contribution in [2.45, 2.75) is 38.5 Å². The van der Waals surface area contributed by atoms with Crippen LogP contribution in [0.1, 0.15) is 50.2 Å². The van der Waals surface area contributed by atoms with Crippen LogP contribution in [0.4, 0.5) is 0 Å². The van der Waals surface area contributed by atoms with Crippen LogP contribution in [-0.2, 0) is 9.53 Å². The first-order valence-corrected chi connectivity index (χ1v) is 6.23. The first-order chi connectivity index (χ1) is 8.59. The van der Waals surface area contributed by atoms with E-state index in [1.54, 1.807) is 13.8 Å². The van der Waals surface area contributed by atoms with Crippen molar-refractivity contribution in [3.05, 3.63) is 11.7 Å². The van der Waals surface area contributed by atoms with Gasteiger partial charge in [0, 0.05) is 25.0 Å². The highest BCUT2D eigenvalue weighted by atomic mass is 16.5. The van der Waals surface area contributed by atoms with E-state index in [4.69, 9.17) is 14.4 Å². The largest absolute Gasteiger partial charge is 0.481 e. The van der Waals surface area contributed by atoms with Crippen LogP contribution in [0.2, 0.25) is 0 Å². The van der Waals surface area contributed by atoms with Crippen LogP contribution < -0.4 is 0 Å². The van der Waals surface area contributed by atoms with Crippen molar-refractivity contribution < 1.29 is 19.2 Å². The molecular weight excluding hydrogens is 236 g/mol. The third-order valence-electron chi connectivity index (χ3n) is 3.57. The second kappa shape index (κ2) is 5.48. The van der Waals surface area contributed by atoms with E-state index in [1.165, 1.54) is 0 Å². The molecule has 1 fully saturated rings. The third kappa shape index (κ3) is 2.69. The Labute approximate surface area is 105 Å². The van der Waals surface area contributed by atoms with E-state index in [1.807, 2.05) is 0 Å². The zero-order valence-corrected chi connectivity index (χ0v) is 10.6. The lowest BCUT2D eigenvalue weighted by Crippen LogP contribution is -2.17. The van der Waals surface area contributed by atoms with Crippen molar-refractivity contribution in [3.8, 4) is 0 Å². The fourth-order valence-corrected chi connectivity index (χ4v) is 1.98. The number of nitrogens with zero attached hydrogens (tertiary/aromatic N) is 2. The van der Waals surface area contributed by atoms with Gasteiger partial charge in [0.1, 0.15) is 0 Å². The predicted molar refractivity (Wildman–Crippen MR) is 62.3 cm³/mol. The molecule has 6 nitrogen and oxygen atoms in total. The number of carboxylic acids is 1. The van der Waals surface area contributed by atoms with E-state index in [9.17, 15) is 4.79 Å². The van der Waals surface area contributed by atoms with E-state index in [-0.39, 0.29) is 11.8 Å². The molecule has 0 amide bonds. The number of aliphatic carboxylic acids is 1. The molecule has 6 heteroatoms. The fraction of sp³-hybridized carbons (Fsp3) is 0.750. The van der Waals surface area contributed by atoms with Crippen LogP contribution >= 0.6 is 0 Å². The molecule has 0 bridgehead atoms. The summed E-state index contributed by atoms with van der Waals surface area (Å²) in [5.74, 6) is -0.308. The van der Waals surface area contributed by atoms with Gasteiger partial charge < -0.3 is 14.4 Å². The average Bonchev–Trinajstić information content (AvgIpc) is 2.87. The molecule has 2 rings (SSSR count). The van der Waals surface area contributed by atoms with Gasteiger partial charge in [0.05, 0.1) is 5.92 Å². The molecule has 0 radical (unpaired) electrons. The molecule has 2 unspecified atom stereocenters. The fourth-order valence-electron chi connectivity index (χ4n) is 1.98. The molecule has 0 aliphatic carbocycles. The van der Waals surface area contributed by atoms with Crippen LogP contribution in [-0.4, -0.2) is 34.4 Å². The Morgan fingerprint density at radius 2 is 2.06 bits per heavy atom. The molecule has 0 aromatic carbocycles. The summed E-state index contributed by atoms with van der Waals surface area (Å²) in [4.78, 5) is 15.3. The molecule has 100 valence electrons. The number of carbonyl (C=O) groups is 1. The maximum atomic E-state index is 10.9. The summed E-state index contributed by atoms with van der Waals surface area (Å²) in [5, 5.41) is 12.9. The lowest BCUT2D eigenvalue weighted by Gasteiger charge is -2.18. The van der Waals surface area contributed by atoms with Gasteiger partial charge in [0.2, 0.25) is 5.89 Å². The van der Waals surface area contributed by atoms with E-state index in [2.05, 4.69) is 10.1 Å². The summed E-state index contributed by atoms with van der Waals surface area (Å²) in [5.41, 5.74) is 0. The minimum Gasteiger partial charge on any atom is -0.481 e. The van der Waals surface area contributed by atoms with E-state index < -0.39 is 11.9 Å². The highest BCUT2D eigenvalue weighted by Crippen LogP contribution is 2.28. The quantitative estimate of drug-likeness (QED) is 0.881. The van der Waals surface area contributed by atoms with Gasteiger partial charge in [-0.25, -0.2) is 0 Å². The Morgan fingerprint density at radius 3 is 2.67 bits per heavy atom. The van der Waals surface area contributed by atoms with E-state index >= 15 is 0 Å². The molecule has 0 saturated carbocycles. The Balaban J connectivity index is 2.07. The van der Waals surface area contributed by atoms with Crippen LogP contribution in [0, 0.1) is 5.92 Å². The van der Waals surface area contributed by atoms with Gasteiger partial charge in [-0.1, -0.05) is 19.0 Å². The summed E-state index contributed by atoms with van der Waals surface area (Å²) in [7, 11) is 0. The van der Waals surface area contributed by atoms with Gasteiger partial charge in [-0.15, -0.1) is 0 Å². The standard InChI is InChI=1S/C12H18N2O4/c1-7(8(2)12(15)16)11-13-10(14-18-11)9-3-5-17-6-4-9/h7-9H,3-6H2,1-2H3,(H,15,16). The summed E-state index contributed by atoms with van der Waals surface area (Å²) in [6.45, 7) is 4.87. The minimum atomic E-state index is -0.853. The Morgan fingerprint density at radius 1 is 1.39 bits per heavy atom. The molecule has 18 heavy (non-hydrogen) atoms. The molecule has 1 aliphatic heterocycles. The van der Waals surface area contributed by atoms with Crippen LogP contribution in [0.5, 0.6) is 0 Å². The molecule has 1 aromatic heterocycles. The van der Waals surface area contributed by atoms with Crippen molar-refractivity contribution in [1.29, 1.82) is 0 Å². The van der Waals surface area contributed by atoms with Gasteiger partial charge >= 0.3 is 5.97 Å². The van der Waals surface area contributed by atoms with Crippen molar-refractivity contribution >= 4 is 5.97 Å². The highest BCUT2D eigenvalue weighted by Gasteiger charge is 2.28. The van der Waals surface area contributed by atoms with Crippen LogP contribution in [0.25, 0.3) is 0 Å². The maximum absolute atomic E-state index is 10.9. The van der Waals surface area contributed by atoms with Gasteiger partial charge in [0.15, 0.2) is 5.82 Å². The van der Waals surface area contributed by atoms with Crippen molar-refractivity contribution in [2.75, 3.05) is 13.2 Å². The van der Waals surface area contributed by atoms with Gasteiger partial charge in [-0.3, -0.25) is 4.79 Å². The topological polar surface area (TPSA) is 85.5 Å². The number of aromatic nitrogens is 2. The molecule has 0 spiro atoms. The number of rotatable bonds is 4. The molecule has 1 saturated heterocycles. The average molecular weight is 254 g/mol. The maximum Gasteiger partial charge on any atom is 0.307 e. The Bertz CT molecular complexity index is 412. The highest BCUT2D eigenvalue weighted by molar-refractivity contribution is 5.70. The third-order valence-corrected chi connectivity index (χ3v) is 3.57. The molecule has 1 aromatic rings. The zero-order chi connectivity index (χ0) is 13.1. The summed E-state index contributed by atoms with van der Waals surface area (Å²) in [6, 6.07) is 0. The summed E-state index contributed by atoms with van der Waals surface area (Å²) in [6.07, 6.45) is 1.78. The zero-order valence-electron chi connectivity index (χ0n) is 10.6. The predicted octanol–water partition coefficient (Wildman–Crippen LogP) is 1.79. The monoisotopic (exact) mass is 254 g/mol. The SMILES string of the molecule is CC(C(=O)O)C(C)c1nc(C2CCOCC2)no1. The molecule has 2 atom stereocenters.